The first kappa shape index (κ1) is 23.0. The van der Waals surface area contributed by atoms with Gasteiger partial charge in [0.2, 0.25) is 5.91 Å². The summed E-state index contributed by atoms with van der Waals surface area (Å²) in [5, 5.41) is 12.7. The van der Waals surface area contributed by atoms with Gasteiger partial charge in [-0.15, -0.1) is 10.2 Å². The molecule has 0 fully saturated rings. The van der Waals surface area contributed by atoms with Crippen molar-refractivity contribution >= 4 is 35.0 Å². The van der Waals surface area contributed by atoms with Crippen LogP contribution in [0.4, 0.5) is 5.69 Å². The number of amides is 1. The maximum absolute atomic E-state index is 12.4. The second kappa shape index (κ2) is 10.5. The molecule has 1 N–H and O–H groups in total. The van der Waals surface area contributed by atoms with E-state index in [-0.39, 0.29) is 17.8 Å². The van der Waals surface area contributed by atoms with Crippen LogP contribution >= 0.6 is 23.4 Å². The van der Waals surface area contributed by atoms with Crippen LogP contribution in [0.2, 0.25) is 5.02 Å². The number of methoxy groups -OCH3 is 1. The lowest BCUT2D eigenvalue weighted by molar-refractivity contribution is -0.113. The third kappa shape index (κ3) is 5.71. The molecule has 2 aromatic carbocycles. The summed E-state index contributed by atoms with van der Waals surface area (Å²) >= 11 is 7.45. The zero-order valence-electron chi connectivity index (χ0n) is 17.9. The van der Waals surface area contributed by atoms with E-state index >= 15 is 0 Å². The Morgan fingerprint density at radius 1 is 1.23 bits per heavy atom. The highest BCUT2D eigenvalue weighted by atomic mass is 35.5. The minimum absolute atomic E-state index is 0.136. The SMILES string of the molecule is CCn1c(SCC(=O)Nc2cccc(Cl)c2C)nnc1C(C)Oc1cccc(OC)c1. The molecule has 31 heavy (non-hydrogen) atoms. The van der Waals surface area contributed by atoms with E-state index in [1.54, 1.807) is 13.2 Å². The van der Waals surface area contributed by atoms with Gasteiger partial charge in [0.25, 0.3) is 0 Å². The highest BCUT2D eigenvalue weighted by molar-refractivity contribution is 7.99. The summed E-state index contributed by atoms with van der Waals surface area (Å²) in [5.41, 5.74) is 1.54. The largest absolute Gasteiger partial charge is 0.497 e. The van der Waals surface area contributed by atoms with Gasteiger partial charge >= 0.3 is 0 Å². The summed E-state index contributed by atoms with van der Waals surface area (Å²) in [6.45, 7) is 6.45. The minimum atomic E-state index is -0.322. The van der Waals surface area contributed by atoms with Crippen LogP contribution in [0.25, 0.3) is 0 Å². The lowest BCUT2D eigenvalue weighted by atomic mass is 10.2. The standard InChI is InChI=1S/C22H25ClN4O3S/c1-5-27-21(15(3)30-17-9-6-8-16(12-17)29-4)25-26-22(27)31-13-20(28)24-19-11-7-10-18(23)14(19)2/h6-12,15H,5,13H2,1-4H3,(H,24,28). The zero-order chi connectivity index (χ0) is 22.4. The van der Waals surface area contributed by atoms with Gasteiger partial charge < -0.3 is 19.4 Å². The maximum atomic E-state index is 12.4. The van der Waals surface area contributed by atoms with Gasteiger partial charge in [0.05, 0.1) is 12.9 Å². The van der Waals surface area contributed by atoms with E-state index in [0.717, 1.165) is 11.3 Å². The van der Waals surface area contributed by atoms with Crippen molar-refractivity contribution in [2.45, 2.75) is 38.6 Å². The molecule has 1 unspecified atom stereocenters. The Morgan fingerprint density at radius 3 is 2.71 bits per heavy atom. The topological polar surface area (TPSA) is 78.3 Å². The van der Waals surface area contributed by atoms with Gasteiger partial charge in [-0.05, 0) is 50.6 Å². The number of anilines is 1. The first-order valence-electron chi connectivity index (χ1n) is 9.84. The van der Waals surface area contributed by atoms with Crippen LogP contribution in [0.1, 0.15) is 31.3 Å². The van der Waals surface area contributed by atoms with Crippen molar-refractivity contribution in [1.82, 2.24) is 14.8 Å². The molecule has 0 radical (unpaired) electrons. The Hall–Kier alpha value is -2.71. The average molecular weight is 461 g/mol. The molecule has 0 spiro atoms. The molecule has 3 aromatic rings. The fourth-order valence-electron chi connectivity index (χ4n) is 3.00. The van der Waals surface area contributed by atoms with Crippen molar-refractivity contribution in [1.29, 1.82) is 0 Å². The molecule has 0 bridgehead atoms. The molecular weight excluding hydrogens is 436 g/mol. The Kier molecular flexibility index (Phi) is 7.81. The van der Waals surface area contributed by atoms with Crippen LogP contribution in [0.5, 0.6) is 11.5 Å². The number of rotatable bonds is 9. The molecular formula is C22H25ClN4O3S. The summed E-state index contributed by atoms with van der Waals surface area (Å²) in [6.07, 6.45) is -0.322. The molecule has 164 valence electrons. The van der Waals surface area contributed by atoms with Gasteiger partial charge in [-0.2, -0.15) is 0 Å². The van der Waals surface area contributed by atoms with E-state index in [1.807, 2.05) is 61.7 Å². The van der Waals surface area contributed by atoms with Crippen molar-refractivity contribution in [3.05, 3.63) is 58.9 Å². The van der Waals surface area contributed by atoms with Crippen LogP contribution in [0.3, 0.4) is 0 Å². The second-order valence-electron chi connectivity index (χ2n) is 6.77. The molecule has 1 aromatic heterocycles. The van der Waals surface area contributed by atoms with E-state index in [0.29, 0.717) is 34.0 Å². The predicted octanol–water partition coefficient (Wildman–Crippen LogP) is 5.14. The van der Waals surface area contributed by atoms with Crippen LogP contribution in [0.15, 0.2) is 47.6 Å². The number of hydrogen-bond acceptors (Lipinski definition) is 6. The van der Waals surface area contributed by atoms with Crippen molar-refractivity contribution in [2.75, 3.05) is 18.2 Å². The van der Waals surface area contributed by atoms with E-state index < -0.39 is 0 Å². The summed E-state index contributed by atoms with van der Waals surface area (Å²) < 4.78 is 13.2. The van der Waals surface area contributed by atoms with Crippen molar-refractivity contribution in [3.63, 3.8) is 0 Å². The fourth-order valence-corrected chi connectivity index (χ4v) is 3.98. The van der Waals surface area contributed by atoms with Gasteiger partial charge in [0, 0.05) is 23.3 Å². The highest BCUT2D eigenvalue weighted by Crippen LogP contribution is 2.27. The molecule has 0 aliphatic carbocycles. The van der Waals surface area contributed by atoms with Crippen LogP contribution in [-0.2, 0) is 11.3 Å². The Labute approximate surface area is 191 Å². The summed E-state index contributed by atoms with van der Waals surface area (Å²) in [4.78, 5) is 12.4. The van der Waals surface area contributed by atoms with Gasteiger partial charge in [0.1, 0.15) is 11.5 Å². The third-order valence-electron chi connectivity index (χ3n) is 4.65. The van der Waals surface area contributed by atoms with Gasteiger partial charge in [-0.1, -0.05) is 35.5 Å². The molecule has 1 heterocycles. The molecule has 7 nitrogen and oxygen atoms in total. The van der Waals surface area contributed by atoms with Crippen LogP contribution in [-0.4, -0.2) is 33.5 Å². The first-order valence-corrected chi connectivity index (χ1v) is 11.2. The Morgan fingerprint density at radius 2 is 1.97 bits per heavy atom. The van der Waals surface area contributed by atoms with Gasteiger partial charge in [0.15, 0.2) is 17.1 Å². The number of ether oxygens (including phenoxy) is 2. The molecule has 0 aliphatic heterocycles. The predicted molar refractivity (Wildman–Crippen MR) is 123 cm³/mol. The van der Waals surface area contributed by atoms with Gasteiger partial charge in [-0.25, -0.2) is 0 Å². The second-order valence-corrected chi connectivity index (χ2v) is 8.12. The van der Waals surface area contributed by atoms with Crippen LogP contribution < -0.4 is 14.8 Å². The van der Waals surface area contributed by atoms with E-state index in [9.17, 15) is 4.79 Å². The number of carbonyl (C=O) groups excluding carboxylic acids is 1. The Bertz CT molecular complexity index is 1060. The number of thioether (sulfide) groups is 1. The lowest BCUT2D eigenvalue weighted by Gasteiger charge is -2.16. The highest BCUT2D eigenvalue weighted by Gasteiger charge is 2.20. The monoisotopic (exact) mass is 460 g/mol. The number of carbonyl (C=O) groups is 1. The molecule has 0 saturated heterocycles. The lowest BCUT2D eigenvalue weighted by Crippen LogP contribution is -2.16. The van der Waals surface area contributed by atoms with Crippen LogP contribution in [0, 0.1) is 6.92 Å². The van der Waals surface area contributed by atoms with E-state index in [1.165, 1.54) is 11.8 Å². The first-order chi connectivity index (χ1) is 14.9. The zero-order valence-corrected chi connectivity index (χ0v) is 19.5. The molecule has 3 rings (SSSR count). The summed E-state index contributed by atoms with van der Waals surface area (Å²) in [6, 6.07) is 12.8. The molecule has 1 amide bonds. The number of hydrogen-bond donors (Lipinski definition) is 1. The summed E-state index contributed by atoms with van der Waals surface area (Å²) in [5.74, 6) is 2.17. The number of halogens is 1. The number of nitrogens with zero attached hydrogens (tertiary/aromatic N) is 3. The van der Waals surface area contributed by atoms with E-state index in [4.69, 9.17) is 21.1 Å². The van der Waals surface area contributed by atoms with Gasteiger partial charge in [-0.3, -0.25) is 4.79 Å². The molecule has 0 aliphatic rings. The number of nitrogens with one attached hydrogen (secondary N) is 1. The smallest absolute Gasteiger partial charge is 0.234 e. The van der Waals surface area contributed by atoms with E-state index in [2.05, 4.69) is 15.5 Å². The minimum Gasteiger partial charge on any atom is -0.497 e. The average Bonchev–Trinajstić information content (AvgIpc) is 3.18. The normalized spacial score (nSPS) is 11.8. The number of aromatic nitrogens is 3. The summed E-state index contributed by atoms with van der Waals surface area (Å²) in [7, 11) is 1.61. The molecule has 0 saturated carbocycles. The fraction of sp³-hybridized carbons (Fsp3) is 0.318. The van der Waals surface area contributed by atoms with Crippen molar-refractivity contribution < 1.29 is 14.3 Å². The number of benzene rings is 2. The van der Waals surface area contributed by atoms with Crippen molar-refractivity contribution in [3.8, 4) is 11.5 Å². The maximum Gasteiger partial charge on any atom is 0.234 e. The molecule has 1 atom stereocenters. The van der Waals surface area contributed by atoms with Crippen molar-refractivity contribution in [2.24, 2.45) is 0 Å². The molecule has 9 heteroatoms. The quantitative estimate of drug-likeness (QED) is 0.445. The Balaban J connectivity index is 1.65. The third-order valence-corrected chi connectivity index (χ3v) is 6.03.